The highest BCUT2D eigenvalue weighted by atomic mass is 32.2. The summed E-state index contributed by atoms with van der Waals surface area (Å²) in [6.07, 6.45) is 0. The van der Waals surface area contributed by atoms with E-state index < -0.39 is 15.8 Å². The molecule has 8 nitrogen and oxygen atoms in total. The molecule has 3 heterocycles. The first-order valence-electron chi connectivity index (χ1n) is 9.64. The number of aromatic nitrogens is 4. The zero-order valence-corrected chi connectivity index (χ0v) is 17.9. The van der Waals surface area contributed by atoms with Crippen LogP contribution in [0, 0.1) is 26.6 Å². The monoisotopic (exact) mass is 430 g/mol. The Bertz CT molecular complexity index is 1190. The summed E-state index contributed by atoms with van der Waals surface area (Å²) in [6.45, 7) is 7.24. The molecule has 10 heteroatoms. The highest BCUT2D eigenvalue weighted by molar-refractivity contribution is 7.89. The van der Waals surface area contributed by atoms with Gasteiger partial charge in [0.2, 0.25) is 10.0 Å². The molecule has 0 aliphatic carbocycles. The van der Waals surface area contributed by atoms with Crippen LogP contribution in [0.25, 0.3) is 5.82 Å². The van der Waals surface area contributed by atoms with Crippen LogP contribution in [-0.2, 0) is 10.0 Å². The average Bonchev–Trinajstić information content (AvgIpc) is 3.05. The van der Waals surface area contributed by atoms with Crippen LogP contribution in [0.5, 0.6) is 0 Å². The highest BCUT2D eigenvalue weighted by Gasteiger charge is 2.29. The maximum absolute atomic E-state index is 13.5. The summed E-state index contributed by atoms with van der Waals surface area (Å²) < 4.78 is 42.3. The summed E-state index contributed by atoms with van der Waals surface area (Å²) in [7, 11) is -3.73. The van der Waals surface area contributed by atoms with E-state index in [1.807, 2.05) is 37.8 Å². The van der Waals surface area contributed by atoms with Gasteiger partial charge in [0.15, 0.2) is 5.82 Å². The minimum Gasteiger partial charge on any atom is -0.354 e. The summed E-state index contributed by atoms with van der Waals surface area (Å²) in [5.41, 5.74) is 1.88. The number of halogens is 1. The topological polar surface area (TPSA) is 84.2 Å². The van der Waals surface area contributed by atoms with Crippen molar-refractivity contribution in [1.82, 2.24) is 24.1 Å². The number of hydrogen-bond acceptors (Lipinski definition) is 6. The van der Waals surface area contributed by atoms with E-state index in [9.17, 15) is 12.8 Å². The molecule has 0 atom stereocenters. The van der Waals surface area contributed by atoms with Gasteiger partial charge in [-0.15, -0.1) is 0 Å². The second kappa shape index (κ2) is 7.77. The van der Waals surface area contributed by atoms with Crippen LogP contribution >= 0.6 is 0 Å². The first-order valence-corrected chi connectivity index (χ1v) is 11.1. The van der Waals surface area contributed by atoms with Gasteiger partial charge in [-0.2, -0.15) is 9.40 Å². The quantitative estimate of drug-likeness (QED) is 0.631. The molecular weight excluding hydrogens is 407 g/mol. The summed E-state index contributed by atoms with van der Waals surface area (Å²) in [4.78, 5) is 11.0. The van der Waals surface area contributed by atoms with Crippen LogP contribution in [0.3, 0.4) is 0 Å². The third kappa shape index (κ3) is 3.92. The zero-order valence-electron chi connectivity index (χ0n) is 17.1. The molecule has 0 bridgehead atoms. The summed E-state index contributed by atoms with van der Waals surface area (Å²) >= 11 is 0. The van der Waals surface area contributed by atoms with Gasteiger partial charge < -0.3 is 4.90 Å². The highest BCUT2D eigenvalue weighted by Crippen LogP contribution is 2.22. The molecule has 1 saturated heterocycles. The zero-order chi connectivity index (χ0) is 21.5. The first-order chi connectivity index (χ1) is 14.2. The third-order valence-electron chi connectivity index (χ3n) is 5.03. The Hall–Kier alpha value is -2.85. The van der Waals surface area contributed by atoms with Crippen molar-refractivity contribution >= 4 is 15.8 Å². The van der Waals surface area contributed by atoms with Crippen molar-refractivity contribution in [3.63, 3.8) is 0 Å². The van der Waals surface area contributed by atoms with Crippen molar-refractivity contribution < 1.29 is 12.8 Å². The fourth-order valence-electron chi connectivity index (χ4n) is 3.60. The molecule has 0 saturated carbocycles. The second-order valence-corrected chi connectivity index (χ2v) is 9.26. The molecule has 2 aromatic heterocycles. The molecule has 30 heavy (non-hydrogen) atoms. The van der Waals surface area contributed by atoms with Crippen molar-refractivity contribution in [3.8, 4) is 5.82 Å². The largest absolute Gasteiger partial charge is 0.354 e. The van der Waals surface area contributed by atoms with E-state index in [-0.39, 0.29) is 18.0 Å². The standard InChI is InChI=1S/C20H23FN6O2S/c1-14-11-15(2)27(24-14)20-13-19(22-16(3)23-20)25-7-9-26(10-8-25)30(28,29)18-6-4-5-17(21)12-18/h4-6,11-13H,7-10H2,1-3H3. The van der Waals surface area contributed by atoms with E-state index in [4.69, 9.17) is 0 Å². The minimum atomic E-state index is -3.73. The molecular formula is C20H23FN6O2S. The van der Waals surface area contributed by atoms with Crippen molar-refractivity contribution in [1.29, 1.82) is 0 Å². The molecule has 0 radical (unpaired) electrons. The van der Waals surface area contributed by atoms with Crippen molar-refractivity contribution in [2.45, 2.75) is 25.7 Å². The third-order valence-corrected chi connectivity index (χ3v) is 6.93. The fourth-order valence-corrected chi connectivity index (χ4v) is 5.06. The van der Waals surface area contributed by atoms with E-state index in [1.54, 1.807) is 4.68 Å². The molecule has 4 rings (SSSR count). The molecule has 1 aliphatic heterocycles. The van der Waals surface area contributed by atoms with Crippen LogP contribution in [0.4, 0.5) is 10.2 Å². The maximum Gasteiger partial charge on any atom is 0.243 e. The van der Waals surface area contributed by atoms with Gasteiger partial charge in [-0.1, -0.05) is 6.07 Å². The number of hydrogen-bond donors (Lipinski definition) is 0. The average molecular weight is 431 g/mol. The van der Waals surface area contributed by atoms with Crippen LogP contribution in [-0.4, -0.2) is 58.7 Å². The Morgan fingerprint density at radius 2 is 1.63 bits per heavy atom. The molecule has 158 valence electrons. The number of sulfonamides is 1. The maximum atomic E-state index is 13.5. The smallest absolute Gasteiger partial charge is 0.243 e. The number of piperazine rings is 1. The van der Waals surface area contributed by atoms with Gasteiger partial charge in [-0.3, -0.25) is 0 Å². The predicted molar refractivity (Wildman–Crippen MR) is 111 cm³/mol. The Morgan fingerprint density at radius 3 is 2.27 bits per heavy atom. The van der Waals surface area contributed by atoms with Gasteiger partial charge >= 0.3 is 0 Å². The lowest BCUT2D eigenvalue weighted by Crippen LogP contribution is -2.49. The molecule has 0 amide bonds. The molecule has 1 fully saturated rings. The number of benzene rings is 1. The predicted octanol–water partition coefficient (Wildman–Crippen LogP) is 2.24. The lowest BCUT2D eigenvalue weighted by atomic mass is 10.3. The van der Waals surface area contributed by atoms with Crippen molar-refractivity contribution in [2.24, 2.45) is 0 Å². The Labute approximate surface area is 175 Å². The SMILES string of the molecule is Cc1cc(C)n(-c2cc(N3CCN(S(=O)(=O)c4cccc(F)c4)CC3)nc(C)n2)n1. The Kier molecular flexibility index (Phi) is 5.29. The van der Waals surface area contributed by atoms with Crippen LogP contribution in [0.15, 0.2) is 41.3 Å². The second-order valence-electron chi connectivity index (χ2n) is 7.32. The molecule has 1 aliphatic rings. The first kappa shape index (κ1) is 20.4. The molecule has 3 aromatic rings. The summed E-state index contributed by atoms with van der Waals surface area (Å²) in [6, 6.07) is 8.95. The molecule has 0 N–H and O–H groups in total. The van der Waals surface area contributed by atoms with Gasteiger partial charge in [-0.05, 0) is 45.0 Å². The van der Waals surface area contributed by atoms with E-state index in [2.05, 4.69) is 15.1 Å². The van der Waals surface area contributed by atoms with Crippen molar-refractivity contribution in [2.75, 3.05) is 31.1 Å². The van der Waals surface area contributed by atoms with E-state index in [0.29, 0.717) is 24.7 Å². The van der Waals surface area contributed by atoms with Crippen LogP contribution in [0.2, 0.25) is 0 Å². The minimum absolute atomic E-state index is 0.0272. The van der Waals surface area contributed by atoms with Gasteiger partial charge in [-0.25, -0.2) is 27.5 Å². The van der Waals surface area contributed by atoms with Crippen LogP contribution in [0.1, 0.15) is 17.2 Å². The lowest BCUT2D eigenvalue weighted by Gasteiger charge is -2.34. The number of anilines is 1. The lowest BCUT2D eigenvalue weighted by molar-refractivity contribution is 0.383. The van der Waals surface area contributed by atoms with E-state index in [0.717, 1.165) is 23.3 Å². The molecule has 0 unspecified atom stereocenters. The van der Waals surface area contributed by atoms with Crippen LogP contribution < -0.4 is 4.90 Å². The number of rotatable bonds is 4. The van der Waals surface area contributed by atoms with Gasteiger partial charge in [0.1, 0.15) is 17.5 Å². The number of aryl methyl sites for hydroxylation is 3. The van der Waals surface area contributed by atoms with Gasteiger partial charge in [0.25, 0.3) is 0 Å². The Balaban J connectivity index is 1.54. The number of nitrogens with zero attached hydrogens (tertiary/aromatic N) is 6. The van der Waals surface area contributed by atoms with E-state index >= 15 is 0 Å². The normalized spacial score (nSPS) is 15.5. The van der Waals surface area contributed by atoms with E-state index in [1.165, 1.54) is 22.5 Å². The van der Waals surface area contributed by atoms with Crippen molar-refractivity contribution in [3.05, 3.63) is 59.4 Å². The van der Waals surface area contributed by atoms with Gasteiger partial charge in [0, 0.05) is 37.9 Å². The fraction of sp³-hybridized carbons (Fsp3) is 0.350. The van der Waals surface area contributed by atoms with Gasteiger partial charge in [0.05, 0.1) is 10.6 Å². The summed E-state index contributed by atoms with van der Waals surface area (Å²) in [5, 5.41) is 4.48. The molecule has 0 spiro atoms. The Morgan fingerprint density at radius 1 is 0.933 bits per heavy atom. The molecule has 1 aromatic carbocycles. The summed E-state index contributed by atoms with van der Waals surface area (Å²) in [5.74, 6) is 1.46.